The Bertz CT molecular complexity index is 859. The van der Waals surface area contributed by atoms with Gasteiger partial charge >= 0.3 is 0 Å². The fourth-order valence-corrected chi connectivity index (χ4v) is 3.76. The van der Waals surface area contributed by atoms with Crippen LogP contribution in [0, 0.1) is 22.7 Å². The maximum atomic E-state index is 8.83. The number of hydrogen-bond donors (Lipinski definition) is 0. The first kappa shape index (κ1) is 18.8. The molecule has 0 atom stereocenters. The van der Waals surface area contributed by atoms with Gasteiger partial charge in [-0.3, -0.25) is 0 Å². The molecule has 0 heterocycles. The van der Waals surface area contributed by atoms with Crippen LogP contribution in [0.25, 0.3) is 6.08 Å². The van der Waals surface area contributed by atoms with Crippen molar-refractivity contribution in [3.05, 3.63) is 66.0 Å². The lowest BCUT2D eigenvalue weighted by Crippen LogP contribution is -1.98. The summed E-state index contributed by atoms with van der Waals surface area (Å²) in [5.41, 5.74) is 1.53. The lowest BCUT2D eigenvalue weighted by Gasteiger charge is -2.12. The van der Waals surface area contributed by atoms with Gasteiger partial charge in [-0.15, -0.1) is 0 Å². The molecule has 0 saturated carbocycles. The van der Waals surface area contributed by atoms with Gasteiger partial charge < -0.3 is 4.74 Å². The molecule has 0 fully saturated rings. The molecule has 24 heavy (non-hydrogen) atoms. The normalized spacial score (nSPS) is 9.75. The zero-order valence-corrected chi connectivity index (χ0v) is 16.7. The molecule has 7 heteroatoms. The summed E-state index contributed by atoms with van der Waals surface area (Å²) in [7, 11) is 0. The molecule has 0 radical (unpaired) electrons. The topological polar surface area (TPSA) is 56.8 Å². The van der Waals surface area contributed by atoms with Gasteiger partial charge in [-0.1, -0.05) is 29.3 Å². The first-order chi connectivity index (χ1) is 11.4. The van der Waals surface area contributed by atoms with Crippen molar-refractivity contribution in [1.29, 1.82) is 10.5 Å². The highest BCUT2D eigenvalue weighted by atomic mass is 79.9. The zero-order chi connectivity index (χ0) is 17.7. The standard InChI is InChI=1S/C17H8Br2Cl2N2O/c18-14-4-10(3-11(7-22)8-23)5-15(19)17(14)24-9-12-1-2-13(20)6-16(12)21/h1-6H,9H2. The molecule has 2 aromatic rings. The van der Waals surface area contributed by atoms with Crippen LogP contribution in [-0.2, 0) is 6.61 Å². The van der Waals surface area contributed by atoms with E-state index in [1.165, 1.54) is 6.08 Å². The highest BCUT2D eigenvalue weighted by molar-refractivity contribution is 9.11. The predicted molar refractivity (Wildman–Crippen MR) is 102 cm³/mol. The second-order valence-corrected chi connectivity index (χ2v) is 7.17. The Morgan fingerprint density at radius 3 is 2.25 bits per heavy atom. The molecule has 0 spiro atoms. The summed E-state index contributed by atoms with van der Waals surface area (Å²) >= 11 is 18.9. The van der Waals surface area contributed by atoms with Crippen LogP contribution in [0.3, 0.4) is 0 Å². The Kier molecular flexibility index (Phi) is 6.71. The summed E-state index contributed by atoms with van der Waals surface area (Å²) in [4.78, 5) is 0. The summed E-state index contributed by atoms with van der Waals surface area (Å²) < 4.78 is 7.18. The van der Waals surface area contributed by atoms with Crippen LogP contribution in [0.5, 0.6) is 5.75 Å². The molecule has 120 valence electrons. The second-order valence-electron chi connectivity index (χ2n) is 4.62. The van der Waals surface area contributed by atoms with Crippen LogP contribution in [-0.4, -0.2) is 0 Å². The number of nitrogens with zero attached hydrogens (tertiary/aromatic N) is 2. The average Bonchev–Trinajstić information content (AvgIpc) is 2.53. The Hall–Kier alpha value is -1.50. The molecule has 2 aromatic carbocycles. The monoisotopic (exact) mass is 484 g/mol. The van der Waals surface area contributed by atoms with Gasteiger partial charge in [0.05, 0.1) is 8.95 Å². The molecular weight excluding hydrogens is 479 g/mol. The van der Waals surface area contributed by atoms with E-state index in [4.69, 9.17) is 38.5 Å². The van der Waals surface area contributed by atoms with E-state index in [1.54, 1.807) is 30.3 Å². The van der Waals surface area contributed by atoms with E-state index in [-0.39, 0.29) is 12.2 Å². The summed E-state index contributed by atoms with van der Waals surface area (Å²) in [5, 5.41) is 18.7. The van der Waals surface area contributed by atoms with Gasteiger partial charge in [0.1, 0.15) is 30.1 Å². The third-order valence-corrected chi connectivity index (χ3v) is 4.72. The lowest BCUT2D eigenvalue weighted by molar-refractivity contribution is 0.302. The fraction of sp³-hybridized carbons (Fsp3) is 0.0588. The number of ether oxygens (including phenoxy) is 1. The lowest BCUT2D eigenvalue weighted by atomic mass is 10.1. The van der Waals surface area contributed by atoms with Crippen molar-refractivity contribution in [3.8, 4) is 17.9 Å². The minimum atomic E-state index is 0.0235. The predicted octanol–water partition coefficient (Wildman–Crippen LogP) is 6.53. The largest absolute Gasteiger partial charge is 0.486 e. The van der Waals surface area contributed by atoms with Gasteiger partial charge in [0.2, 0.25) is 0 Å². The molecule has 0 saturated heterocycles. The third-order valence-electron chi connectivity index (χ3n) is 2.96. The van der Waals surface area contributed by atoms with E-state index in [0.717, 1.165) is 5.56 Å². The Labute approximate surface area is 166 Å². The smallest absolute Gasteiger partial charge is 0.148 e. The summed E-state index contributed by atoms with van der Waals surface area (Å²) in [6.07, 6.45) is 1.50. The summed E-state index contributed by atoms with van der Waals surface area (Å²) in [6, 6.07) is 12.4. The van der Waals surface area contributed by atoms with Gasteiger partial charge in [-0.25, -0.2) is 0 Å². The highest BCUT2D eigenvalue weighted by Crippen LogP contribution is 2.36. The number of benzene rings is 2. The molecule has 0 aromatic heterocycles. The van der Waals surface area contributed by atoms with E-state index in [9.17, 15) is 0 Å². The van der Waals surface area contributed by atoms with Gasteiger partial charge in [0.25, 0.3) is 0 Å². The molecule has 0 aliphatic heterocycles. The van der Waals surface area contributed by atoms with Crippen LogP contribution >= 0.6 is 55.1 Å². The average molecular weight is 487 g/mol. The number of allylic oxidation sites excluding steroid dienone is 1. The van der Waals surface area contributed by atoms with Crippen LogP contribution in [0.1, 0.15) is 11.1 Å². The van der Waals surface area contributed by atoms with Gasteiger partial charge in [0, 0.05) is 15.6 Å². The summed E-state index contributed by atoms with van der Waals surface area (Å²) in [6.45, 7) is 0.268. The molecule has 0 amide bonds. The van der Waals surface area contributed by atoms with Crippen molar-refractivity contribution in [2.45, 2.75) is 6.61 Å². The minimum Gasteiger partial charge on any atom is -0.486 e. The Morgan fingerprint density at radius 2 is 1.71 bits per heavy atom. The fourth-order valence-electron chi connectivity index (χ4n) is 1.85. The number of hydrogen-bond acceptors (Lipinski definition) is 3. The minimum absolute atomic E-state index is 0.0235. The maximum Gasteiger partial charge on any atom is 0.148 e. The Morgan fingerprint density at radius 1 is 1.08 bits per heavy atom. The van der Waals surface area contributed by atoms with E-state index in [0.29, 0.717) is 30.3 Å². The second kappa shape index (κ2) is 8.55. The van der Waals surface area contributed by atoms with E-state index in [1.807, 2.05) is 12.1 Å². The molecule has 0 aliphatic rings. The van der Waals surface area contributed by atoms with Crippen LogP contribution in [0.4, 0.5) is 0 Å². The maximum absolute atomic E-state index is 8.83. The van der Waals surface area contributed by atoms with Crippen molar-refractivity contribution >= 4 is 61.1 Å². The van der Waals surface area contributed by atoms with E-state index >= 15 is 0 Å². The number of rotatable bonds is 4. The van der Waals surface area contributed by atoms with Crippen molar-refractivity contribution < 1.29 is 4.74 Å². The van der Waals surface area contributed by atoms with Crippen molar-refractivity contribution in [1.82, 2.24) is 0 Å². The molecule has 0 N–H and O–H groups in total. The SMILES string of the molecule is N#CC(C#N)=Cc1cc(Br)c(OCc2ccc(Cl)cc2Cl)c(Br)c1. The van der Waals surface area contributed by atoms with Crippen LogP contribution < -0.4 is 4.74 Å². The van der Waals surface area contributed by atoms with E-state index < -0.39 is 0 Å². The van der Waals surface area contributed by atoms with Gasteiger partial charge in [0.15, 0.2) is 0 Å². The third kappa shape index (κ3) is 4.75. The number of nitriles is 2. The molecule has 0 bridgehead atoms. The Balaban J connectivity index is 2.25. The molecular formula is C17H8Br2Cl2N2O. The molecule has 3 nitrogen and oxygen atoms in total. The zero-order valence-electron chi connectivity index (χ0n) is 12.0. The summed E-state index contributed by atoms with van der Waals surface area (Å²) in [5.74, 6) is 0.591. The van der Waals surface area contributed by atoms with Crippen LogP contribution in [0.2, 0.25) is 10.0 Å². The number of halogens is 4. The van der Waals surface area contributed by atoms with Gasteiger partial charge in [-0.05, 0) is 67.8 Å². The van der Waals surface area contributed by atoms with Gasteiger partial charge in [-0.2, -0.15) is 10.5 Å². The quantitative estimate of drug-likeness (QED) is 0.462. The first-order valence-corrected chi connectivity index (χ1v) is 8.86. The van der Waals surface area contributed by atoms with Crippen molar-refractivity contribution in [2.24, 2.45) is 0 Å². The first-order valence-electron chi connectivity index (χ1n) is 6.52. The molecule has 0 aliphatic carbocycles. The van der Waals surface area contributed by atoms with Crippen LogP contribution in [0.15, 0.2) is 44.9 Å². The molecule has 0 unspecified atom stereocenters. The van der Waals surface area contributed by atoms with Crippen molar-refractivity contribution in [3.63, 3.8) is 0 Å². The van der Waals surface area contributed by atoms with E-state index in [2.05, 4.69) is 31.9 Å². The molecule has 2 rings (SSSR count). The van der Waals surface area contributed by atoms with Crippen molar-refractivity contribution in [2.75, 3.05) is 0 Å². The highest BCUT2D eigenvalue weighted by Gasteiger charge is 2.10.